The van der Waals surface area contributed by atoms with Gasteiger partial charge in [0.25, 0.3) is 15.9 Å². The SMILES string of the molecule is Cc1ccc(NC(=O)c2sc(NS(=O)(=O)c3ccc(F)cc3)nc2C)cc1F. The summed E-state index contributed by atoms with van der Waals surface area (Å²) in [5.74, 6) is -1.55. The van der Waals surface area contributed by atoms with Gasteiger partial charge in [0.1, 0.15) is 16.5 Å². The van der Waals surface area contributed by atoms with E-state index in [0.29, 0.717) is 11.3 Å². The summed E-state index contributed by atoms with van der Waals surface area (Å²) >= 11 is 0.838. The van der Waals surface area contributed by atoms with Crippen LogP contribution in [0.4, 0.5) is 19.6 Å². The van der Waals surface area contributed by atoms with Gasteiger partial charge < -0.3 is 5.32 Å². The normalized spacial score (nSPS) is 11.3. The van der Waals surface area contributed by atoms with Gasteiger partial charge in [-0.3, -0.25) is 9.52 Å². The molecule has 2 aromatic carbocycles. The molecule has 1 aromatic heterocycles. The highest BCUT2D eigenvalue weighted by molar-refractivity contribution is 7.93. The second kappa shape index (κ2) is 7.64. The first kappa shape index (κ1) is 19.9. The second-order valence-corrected chi connectivity index (χ2v) is 8.59. The first-order valence-corrected chi connectivity index (χ1v) is 10.3. The summed E-state index contributed by atoms with van der Waals surface area (Å²) < 4.78 is 53.6. The zero-order valence-corrected chi connectivity index (χ0v) is 16.4. The summed E-state index contributed by atoms with van der Waals surface area (Å²) in [6.45, 7) is 3.16. The molecule has 0 radical (unpaired) electrons. The van der Waals surface area contributed by atoms with Gasteiger partial charge in [0, 0.05) is 5.69 Å². The molecule has 0 aliphatic carbocycles. The van der Waals surface area contributed by atoms with E-state index < -0.39 is 27.6 Å². The number of benzene rings is 2. The van der Waals surface area contributed by atoms with Crippen molar-refractivity contribution in [1.82, 2.24) is 4.98 Å². The number of carbonyl (C=O) groups is 1. The highest BCUT2D eigenvalue weighted by atomic mass is 32.2. The molecular weight excluding hydrogens is 408 g/mol. The molecule has 0 saturated carbocycles. The lowest BCUT2D eigenvalue weighted by molar-refractivity contribution is 0.103. The molecule has 3 rings (SSSR count). The number of nitrogens with one attached hydrogen (secondary N) is 2. The number of carbonyl (C=O) groups excluding carboxylic acids is 1. The van der Waals surface area contributed by atoms with Gasteiger partial charge in [-0.2, -0.15) is 0 Å². The van der Waals surface area contributed by atoms with Crippen LogP contribution in [0.2, 0.25) is 0 Å². The van der Waals surface area contributed by atoms with Gasteiger partial charge in [-0.25, -0.2) is 22.2 Å². The fraction of sp³-hybridized carbons (Fsp3) is 0.111. The third-order valence-corrected chi connectivity index (χ3v) is 6.33. The summed E-state index contributed by atoms with van der Waals surface area (Å²) in [5, 5.41) is 2.54. The highest BCUT2D eigenvalue weighted by Crippen LogP contribution is 2.26. The van der Waals surface area contributed by atoms with Gasteiger partial charge in [-0.15, -0.1) is 0 Å². The number of aryl methyl sites for hydroxylation is 2. The molecular formula is C18H15F2N3O3S2. The summed E-state index contributed by atoms with van der Waals surface area (Å²) in [6, 6.07) is 8.59. The number of hydrogen-bond acceptors (Lipinski definition) is 5. The number of anilines is 2. The van der Waals surface area contributed by atoms with Crippen molar-refractivity contribution < 1.29 is 22.0 Å². The first-order valence-electron chi connectivity index (χ1n) is 7.99. The van der Waals surface area contributed by atoms with Crippen molar-refractivity contribution in [3.63, 3.8) is 0 Å². The average Bonchev–Trinajstić information content (AvgIpc) is 2.98. The Morgan fingerprint density at radius 2 is 1.75 bits per heavy atom. The van der Waals surface area contributed by atoms with Crippen LogP contribution in [0, 0.1) is 25.5 Å². The van der Waals surface area contributed by atoms with Gasteiger partial charge in [0.05, 0.1) is 10.6 Å². The molecule has 2 N–H and O–H groups in total. The van der Waals surface area contributed by atoms with E-state index in [0.717, 1.165) is 35.6 Å². The number of thiazole rings is 1. The molecule has 0 unspecified atom stereocenters. The van der Waals surface area contributed by atoms with Crippen molar-refractivity contribution >= 4 is 38.1 Å². The van der Waals surface area contributed by atoms with E-state index in [-0.39, 0.29) is 20.6 Å². The molecule has 0 aliphatic heterocycles. The fourth-order valence-corrected chi connectivity index (χ4v) is 4.39. The van der Waals surface area contributed by atoms with Gasteiger partial charge in [0.15, 0.2) is 5.13 Å². The van der Waals surface area contributed by atoms with E-state index in [9.17, 15) is 22.0 Å². The highest BCUT2D eigenvalue weighted by Gasteiger charge is 2.20. The molecule has 1 heterocycles. The molecule has 28 heavy (non-hydrogen) atoms. The van der Waals surface area contributed by atoms with E-state index in [1.165, 1.54) is 12.1 Å². The lowest BCUT2D eigenvalue weighted by Crippen LogP contribution is -2.12. The van der Waals surface area contributed by atoms with Crippen molar-refractivity contribution in [2.24, 2.45) is 0 Å². The molecule has 0 aliphatic rings. The minimum atomic E-state index is -3.98. The topological polar surface area (TPSA) is 88.2 Å². The maximum atomic E-state index is 13.6. The number of aromatic nitrogens is 1. The molecule has 0 atom stereocenters. The third kappa shape index (κ3) is 4.34. The molecule has 146 valence electrons. The number of hydrogen-bond donors (Lipinski definition) is 2. The predicted octanol–water partition coefficient (Wildman–Crippen LogP) is 4.09. The minimum Gasteiger partial charge on any atom is -0.321 e. The standard InChI is InChI=1S/C18H15F2N3O3S2/c1-10-3-6-13(9-15(10)20)22-17(24)16-11(2)21-18(27-16)23-28(25,26)14-7-4-12(19)5-8-14/h3-9H,1-2H3,(H,21,23)(H,22,24). The van der Waals surface area contributed by atoms with E-state index in [2.05, 4.69) is 15.0 Å². The maximum absolute atomic E-state index is 13.6. The number of nitrogens with zero attached hydrogens (tertiary/aromatic N) is 1. The van der Waals surface area contributed by atoms with E-state index >= 15 is 0 Å². The average molecular weight is 423 g/mol. The van der Waals surface area contributed by atoms with Crippen LogP contribution in [0.15, 0.2) is 47.4 Å². The molecule has 10 heteroatoms. The van der Waals surface area contributed by atoms with Gasteiger partial charge in [0.2, 0.25) is 0 Å². The Kier molecular flexibility index (Phi) is 5.43. The van der Waals surface area contributed by atoms with Crippen LogP contribution in [0.1, 0.15) is 20.9 Å². The van der Waals surface area contributed by atoms with Crippen LogP contribution in [0.5, 0.6) is 0 Å². The molecule has 0 spiro atoms. The van der Waals surface area contributed by atoms with Crippen LogP contribution in [-0.2, 0) is 10.0 Å². The second-order valence-electron chi connectivity index (χ2n) is 5.91. The van der Waals surface area contributed by atoms with Crippen molar-refractivity contribution in [3.8, 4) is 0 Å². The van der Waals surface area contributed by atoms with Crippen molar-refractivity contribution in [2.45, 2.75) is 18.7 Å². The Bertz CT molecular complexity index is 1140. The van der Waals surface area contributed by atoms with Crippen molar-refractivity contribution in [1.29, 1.82) is 0 Å². The van der Waals surface area contributed by atoms with Crippen LogP contribution < -0.4 is 10.0 Å². The smallest absolute Gasteiger partial charge is 0.267 e. The fourth-order valence-electron chi connectivity index (χ4n) is 2.30. The van der Waals surface area contributed by atoms with E-state index in [4.69, 9.17) is 0 Å². The minimum absolute atomic E-state index is 0.0120. The van der Waals surface area contributed by atoms with E-state index in [1.807, 2.05) is 0 Å². The Labute approximate surface area is 164 Å². The quantitative estimate of drug-likeness (QED) is 0.647. The zero-order chi connectivity index (χ0) is 20.5. The van der Waals surface area contributed by atoms with E-state index in [1.54, 1.807) is 19.9 Å². The third-order valence-electron chi connectivity index (χ3n) is 3.78. The monoisotopic (exact) mass is 423 g/mol. The largest absolute Gasteiger partial charge is 0.321 e. The number of sulfonamides is 1. The molecule has 0 fully saturated rings. The van der Waals surface area contributed by atoms with Gasteiger partial charge in [-0.1, -0.05) is 17.4 Å². The summed E-state index contributed by atoms with van der Waals surface area (Å²) in [5.41, 5.74) is 1.03. The molecule has 0 bridgehead atoms. The van der Waals surface area contributed by atoms with Crippen molar-refractivity contribution in [3.05, 3.63) is 70.2 Å². The maximum Gasteiger partial charge on any atom is 0.267 e. The van der Waals surface area contributed by atoms with Crippen LogP contribution in [-0.4, -0.2) is 19.3 Å². The van der Waals surface area contributed by atoms with Crippen LogP contribution >= 0.6 is 11.3 Å². The Hall–Kier alpha value is -2.85. The Morgan fingerprint density at radius 3 is 2.39 bits per heavy atom. The van der Waals surface area contributed by atoms with Crippen molar-refractivity contribution in [2.75, 3.05) is 10.0 Å². The summed E-state index contributed by atoms with van der Waals surface area (Å²) in [7, 11) is -3.98. The van der Waals surface area contributed by atoms with Crippen LogP contribution in [0.25, 0.3) is 0 Å². The Balaban J connectivity index is 1.79. The number of halogens is 2. The number of rotatable bonds is 5. The summed E-state index contributed by atoms with van der Waals surface area (Å²) in [6.07, 6.45) is 0. The summed E-state index contributed by atoms with van der Waals surface area (Å²) in [4.78, 5) is 16.5. The number of amides is 1. The lowest BCUT2D eigenvalue weighted by Gasteiger charge is -2.05. The zero-order valence-electron chi connectivity index (χ0n) is 14.8. The molecule has 0 saturated heterocycles. The molecule has 1 amide bonds. The van der Waals surface area contributed by atoms with Gasteiger partial charge in [-0.05, 0) is 55.8 Å². The molecule has 6 nitrogen and oxygen atoms in total. The van der Waals surface area contributed by atoms with Gasteiger partial charge >= 0.3 is 0 Å². The van der Waals surface area contributed by atoms with Crippen LogP contribution in [0.3, 0.4) is 0 Å². The first-order chi connectivity index (χ1) is 13.2. The lowest BCUT2D eigenvalue weighted by atomic mass is 10.2. The predicted molar refractivity (Wildman–Crippen MR) is 103 cm³/mol. The Morgan fingerprint density at radius 1 is 1.07 bits per heavy atom. The molecule has 3 aromatic rings.